The van der Waals surface area contributed by atoms with Gasteiger partial charge in [-0.25, -0.2) is 4.39 Å². The number of halogens is 1. The van der Waals surface area contributed by atoms with Crippen LogP contribution in [0.25, 0.3) is 0 Å². The minimum atomic E-state index is -0.839. The lowest BCUT2D eigenvalue weighted by molar-refractivity contribution is -0.142. The van der Waals surface area contributed by atoms with Crippen molar-refractivity contribution in [3.63, 3.8) is 0 Å². The van der Waals surface area contributed by atoms with E-state index >= 15 is 0 Å². The Morgan fingerprint density at radius 1 is 1.14 bits per heavy atom. The SMILES string of the molecule is O=C(O)C1(Sc2cccc(F)c2)CC(c2ccccc2)C1. The fourth-order valence-corrected chi connectivity index (χ4v) is 4.18. The molecular formula is C17H15FO2S. The van der Waals surface area contributed by atoms with E-state index in [0.29, 0.717) is 17.7 Å². The maximum absolute atomic E-state index is 13.2. The first-order valence-electron chi connectivity index (χ1n) is 6.82. The Kier molecular flexibility index (Phi) is 3.72. The molecule has 3 rings (SSSR count). The van der Waals surface area contributed by atoms with Crippen LogP contribution in [0, 0.1) is 5.82 Å². The molecule has 0 heterocycles. The Balaban J connectivity index is 1.77. The summed E-state index contributed by atoms with van der Waals surface area (Å²) in [5.41, 5.74) is 1.18. The van der Waals surface area contributed by atoms with Crippen LogP contribution in [0.4, 0.5) is 4.39 Å². The summed E-state index contributed by atoms with van der Waals surface area (Å²) in [6, 6.07) is 16.1. The second-order valence-electron chi connectivity index (χ2n) is 5.37. The number of carboxylic acid groups (broad SMARTS) is 1. The van der Waals surface area contributed by atoms with E-state index in [1.54, 1.807) is 12.1 Å². The topological polar surface area (TPSA) is 37.3 Å². The van der Waals surface area contributed by atoms with E-state index in [4.69, 9.17) is 0 Å². The quantitative estimate of drug-likeness (QED) is 0.914. The summed E-state index contributed by atoms with van der Waals surface area (Å²) in [4.78, 5) is 12.3. The van der Waals surface area contributed by atoms with Crippen molar-refractivity contribution in [2.24, 2.45) is 0 Å². The lowest BCUT2D eigenvalue weighted by Gasteiger charge is -2.44. The van der Waals surface area contributed by atoms with E-state index in [1.807, 2.05) is 30.3 Å². The summed E-state index contributed by atoms with van der Waals surface area (Å²) in [6.07, 6.45) is 1.15. The van der Waals surface area contributed by atoms with Crippen LogP contribution in [0.3, 0.4) is 0 Å². The van der Waals surface area contributed by atoms with Gasteiger partial charge in [0.05, 0.1) is 0 Å². The highest BCUT2D eigenvalue weighted by Crippen LogP contribution is 2.55. The van der Waals surface area contributed by atoms with Crippen molar-refractivity contribution in [1.82, 2.24) is 0 Å². The number of benzene rings is 2. The minimum Gasteiger partial charge on any atom is -0.480 e. The van der Waals surface area contributed by atoms with Gasteiger partial charge in [-0.15, -0.1) is 11.8 Å². The van der Waals surface area contributed by atoms with Crippen LogP contribution in [0.15, 0.2) is 59.5 Å². The number of aliphatic carboxylic acids is 1. The number of hydrogen-bond acceptors (Lipinski definition) is 2. The summed E-state index contributed by atoms with van der Waals surface area (Å²) < 4.78 is 12.4. The zero-order chi connectivity index (χ0) is 14.9. The molecule has 0 radical (unpaired) electrons. The van der Waals surface area contributed by atoms with Gasteiger partial charge in [-0.05, 0) is 42.5 Å². The Labute approximate surface area is 127 Å². The van der Waals surface area contributed by atoms with Gasteiger partial charge in [-0.3, -0.25) is 4.79 Å². The predicted octanol–water partition coefficient (Wildman–Crippen LogP) is 4.32. The number of carbonyl (C=O) groups is 1. The predicted molar refractivity (Wildman–Crippen MR) is 81.0 cm³/mol. The molecule has 0 aliphatic heterocycles. The van der Waals surface area contributed by atoms with Crippen molar-refractivity contribution in [1.29, 1.82) is 0 Å². The smallest absolute Gasteiger partial charge is 0.320 e. The standard InChI is InChI=1S/C17H15FO2S/c18-14-7-4-8-15(9-14)21-17(16(19)20)10-13(11-17)12-5-2-1-3-6-12/h1-9,13H,10-11H2,(H,19,20). The molecule has 0 spiro atoms. The summed E-state index contributed by atoms with van der Waals surface area (Å²) in [5, 5.41) is 9.56. The van der Waals surface area contributed by atoms with Crippen molar-refractivity contribution in [2.45, 2.75) is 28.4 Å². The van der Waals surface area contributed by atoms with Crippen molar-refractivity contribution < 1.29 is 14.3 Å². The molecule has 2 nitrogen and oxygen atoms in total. The molecule has 2 aromatic rings. The van der Waals surface area contributed by atoms with Gasteiger partial charge in [0.15, 0.2) is 0 Å². The number of carboxylic acids is 1. The van der Waals surface area contributed by atoms with Gasteiger partial charge in [0.2, 0.25) is 0 Å². The van der Waals surface area contributed by atoms with Crippen molar-refractivity contribution >= 4 is 17.7 Å². The number of hydrogen-bond donors (Lipinski definition) is 1. The fraction of sp³-hybridized carbons (Fsp3) is 0.235. The fourth-order valence-electron chi connectivity index (χ4n) is 2.75. The zero-order valence-electron chi connectivity index (χ0n) is 11.3. The highest BCUT2D eigenvalue weighted by molar-refractivity contribution is 8.01. The molecule has 0 amide bonds. The largest absolute Gasteiger partial charge is 0.480 e. The van der Waals surface area contributed by atoms with Crippen LogP contribution < -0.4 is 0 Å². The summed E-state index contributed by atoms with van der Waals surface area (Å²) in [6.45, 7) is 0. The Morgan fingerprint density at radius 3 is 2.48 bits per heavy atom. The maximum Gasteiger partial charge on any atom is 0.320 e. The van der Waals surface area contributed by atoms with Crippen LogP contribution in [0.1, 0.15) is 24.3 Å². The lowest BCUT2D eigenvalue weighted by Crippen LogP contribution is -2.46. The van der Waals surface area contributed by atoms with E-state index in [2.05, 4.69) is 0 Å². The Morgan fingerprint density at radius 2 is 1.86 bits per heavy atom. The van der Waals surface area contributed by atoms with E-state index in [9.17, 15) is 14.3 Å². The molecule has 1 saturated carbocycles. The lowest BCUT2D eigenvalue weighted by atomic mass is 9.70. The van der Waals surface area contributed by atoms with Gasteiger partial charge >= 0.3 is 5.97 Å². The Bertz CT molecular complexity index is 651. The third-order valence-corrected chi connectivity index (χ3v) is 5.31. The van der Waals surface area contributed by atoms with Gasteiger partial charge in [-0.1, -0.05) is 36.4 Å². The van der Waals surface area contributed by atoms with Crippen LogP contribution in [0.5, 0.6) is 0 Å². The molecule has 1 N–H and O–H groups in total. The van der Waals surface area contributed by atoms with Crippen LogP contribution >= 0.6 is 11.8 Å². The van der Waals surface area contributed by atoms with E-state index in [1.165, 1.54) is 29.5 Å². The summed E-state index contributed by atoms with van der Waals surface area (Å²) >= 11 is 1.26. The molecule has 0 bridgehead atoms. The molecule has 4 heteroatoms. The van der Waals surface area contributed by atoms with Crippen molar-refractivity contribution in [2.75, 3.05) is 0 Å². The Hall–Kier alpha value is -1.81. The van der Waals surface area contributed by atoms with Gasteiger partial charge in [0.25, 0.3) is 0 Å². The van der Waals surface area contributed by atoms with Gasteiger partial charge in [0, 0.05) is 4.90 Å². The molecular weight excluding hydrogens is 287 g/mol. The highest BCUT2D eigenvalue weighted by Gasteiger charge is 2.51. The average Bonchev–Trinajstić information content (AvgIpc) is 2.43. The van der Waals surface area contributed by atoms with E-state index in [-0.39, 0.29) is 11.7 Å². The first kappa shape index (κ1) is 14.1. The molecule has 1 aliphatic carbocycles. The monoisotopic (exact) mass is 302 g/mol. The molecule has 21 heavy (non-hydrogen) atoms. The third kappa shape index (κ3) is 2.81. The molecule has 1 fully saturated rings. The molecule has 0 saturated heterocycles. The second kappa shape index (κ2) is 5.53. The van der Waals surface area contributed by atoms with E-state index in [0.717, 1.165) is 0 Å². The molecule has 0 aromatic heterocycles. The maximum atomic E-state index is 13.2. The summed E-state index contributed by atoms with van der Waals surface area (Å²) in [5.74, 6) is -0.883. The van der Waals surface area contributed by atoms with Gasteiger partial charge < -0.3 is 5.11 Å². The zero-order valence-corrected chi connectivity index (χ0v) is 12.1. The third-order valence-electron chi connectivity index (χ3n) is 3.92. The van der Waals surface area contributed by atoms with Crippen LogP contribution in [0.2, 0.25) is 0 Å². The summed E-state index contributed by atoms with van der Waals surface area (Å²) in [7, 11) is 0. The molecule has 2 aromatic carbocycles. The molecule has 0 atom stereocenters. The van der Waals surface area contributed by atoms with E-state index < -0.39 is 10.7 Å². The van der Waals surface area contributed by atoms with Gasteiger partial charge in [-0.2, -0.15) is 0 Å². The first-order valence-corrected chi connectivity index (χ1v) is 7.64. The first-order chi connectivity index (χ1) is 10.1. The van der Waals surface area contributed by atoms with Crippen molar-refractivity contribution in [3.8, 4) is 0 Å². The minimum absolute atomic E-state index is 0.267. The van der Waals surface area contributed by atoms with Crippen LogP contribution in [-0.2, 0) is 4.79 Å². The van der Waals surface area contributed by atoms with Crippen LogP contribution in [-0.4, -0.2) is 15.8 Å². The van der Waals surface area contributed by atoms with Gasteiger partial charge in [0.1, 0.15) is 10.6 Å². The normalized spacial score (nSPS) is 24.3. The molecule has 1 aliphatic rings. The second-order valence-corrected chi connectivity index (χ2v) is 6.83. The highest BCUT2D eigenvalue weighted by atomic mass is 32.2. The number of rotatable bonds is 4. The van der Waals surface area contributed by atoms with Crippen molar-refractivity contribution in [3.05, 3.63) is 66.0 Å². The number of thioether (sulfide) groups is 1. The molecule has 108 valence electrons. The molecule has 0 unspecified atom stereocenters. The average molecular weight is 302 g/mol.